The summed E-state index contributed by atoms with van der Waals surface area (Å²) in [5.41, 5.74) is 7.53. The quantitative estimate of drug-likeness (QED) is 0.183. The van der Waals surface area contributed by atoms with Crippen LogP contribution in [0.2, 0.25) is 0 Å². The van der Waals surface area contributed by atoms with E-state index in [-0.39, 0.29) is 12.2 Å². The molecule has 0 amide bonds. The van der Waals surface area contributed by atoms with E-state index in [9.17, 15) is 9.18 Å². The van der Waals surface area contributed by atoms with Gasteiger partial charge in [0, 0.05) is 12.6 Å². The van der Waals surface area contributed by atoms with Crippen LogP contribution >= 0.6 is 0 Å². The third kappa shape index (κ3) is 9.67. The van der Waals surface area contributed by atoms with Crippen molar-refractivity contribution < 1.29 is 19.0 Å². The molecule has 0 unspecified atom stereocenters. The number of carboxylic acid groups (broad SMARTS) is 1. The highest BCUT2D eigenvalue weighted by molar-refractivity contribution is 5.69. The Morgan fingerprint density at radius 3 is 2.26 bits per heavy atom. The van der Waals surface area contributed by atoms with Crippen molar-refractivity contribution in [1.29, 1.82) is 0 Å². The Kier molecular flexibility index (Phi) is 11.7. The van der Waals surface area contributed by atoms with Crippen LogP contribution in [0.5, 0.6) is 5.75 Å². The van der Waals surface area contributed by atoms with Gasteiger partial charge in [0.2, 0.25) is 0 Å². The first-order valence-corrected chi connectivity index (χ1v) is 14.9. The highest BCUT2D eigenvalue weighted by Crippen LogP contribution is 2.26. The molecule has 0 saturated carbocycles. The highest BCUT2D eigenvalue weighted by Gasteiger charge is 2.14. The molecule has 0 fully saturated rings. The van der Waals surface area contributed by atoms with Crippen molar-refractivity contribution in [3.8, 4) is 5.75 Å². The zero-order valence-electron chi connectivity index (χ0n) is 24.9. The zero-order chi connectivity index (χ0) is 30.4. The summed E-state index contributed by atoms with van der Waals surface area (Å²) in [4.78, 5) is 10.8. The van der Waals surface area contributed by atoms with Crippen LogP contribution in [0.3, 0.4) is 0 Å². The number of halogens is 1. The Hall–Kier alpha value is -4.71. The van der Waals surface area contributed by atoms with Gasteiger partial charge in [0.05, 0.1) is 12.2 Å². The van der Waals surface area contributed by atoms with Gasteiger partial charge in [-0.25, -0.2) is 4.39 Å². The van der Waals surface area contributed by atoms with Crippen LogP contribution in [0, 0.1) is 0 Å². The molecule has 3 aromatic carbocycles. The van der Waals surface area contributed by atoms with E-state index in [1.807, 2.05) is 61.0 Å². The van der Waals surface area contributed by atoms with Crippen LogP contribution in [0.4, 0.5) is 4.39 Å². The average Bonchev–Trinajstić information content (AvgIpc) is 3.31. The summed E-state index contributed by atoms with van der Waals surface area (Å²) in [6.45, 7) is 5.07. The fourth-order valence-electron chi connectivity index (χ4n) is 4.80. The zero-order valence-corrected chi connectivity index (χ0v) is 24.9. The minimum Gasteiger partial charge on any atom is -0.489 e. The van der Waals surface area contributed by atoms with Gasteiger partial charge in [-0.1, -0.05) is 92.7 Å². The van der Waals surface area contributed by atoms with Crippen LogP contribution < -0.4 is 4.74 Å². The monoisotopic (exact) mass is 578 g/mol. The van der Waals surface area contributed by atoms with Gasteiger partial charge in [-0.05, 0) is 83.4 Å². The predicted octanol–water partition coefficient (Wildman–Crippen LogP) is 8.54. The Labute approximate surface area is 253 Å². The third-order valence-corrected chi connectivity index (χ3v) is 7.05. The van der Waals surface area contributed by atoms with Crippen LogP contribution in [-0.2, 0) is 37.2 Å². The van der Waals surface area contributed by atoms with Crippen molar-refractivity contribution in [1.82, 2.24) is 9.78 Å². The largest absolute Gasteiger partial charge is 0.489 e. The molecular weight excluding hydrogens is 539 g/mol. The van der Waals surface area contributed by atoms with Gasteiger partial charge in [0.1, 0.15) is 18.2 Å². The number of benzene rings is 3. The molecule has 0 radical (unpaired) electrons. The Bertz CT molecular complexity index is 1550. The Morgan fingerprint density at radius 2 is 1.53 bits per heavy atom. The van der Waals surface area contributed by atoms with Crippen LogP contribution in [0.1, 0.15) is 60.2 Å². The number of aryl methyl sites for hydroxylation is 3. The first-order chi connectivity index (χ1) is 21.0. The van der Waals surface area contributed by atoms with E-state index in [1.165, 1.54) is 17.7 Å². The van der Waals surface area contributed by atoms with E-state index in [1.54, 1.807) is 0 Å². The molecule has 0 spiro atoms. The number of carboxylic acids is 1. The van der Waals surface area contributed by atoms with Crippen molar-refractivity contribution in [3.63, 3.8) is 0 Å². The molecule has 1 heterocycles. The van der Waals surface area contributed by atoms with Crippen molar-refractivity contribution in [2.45, 2.75) is 59.1 Å². The molecule has 222 valence electrons. The molecule has 1 aliphatic rings. The standard InChI is InChI=1S/C35H33FN2O3.C2H6/c36-32-8-4-7-30(18-19-32)35-31(17-13-26-5-2-1-3-6-26)24-38(37-35)23-28-9-11-29(12-10-28)25-41-33-20-14-27(15-21-33)16-22-34(39)40;1-2/h1-6,8-12,14-15,18-21,24H,7,13,16-17,22-23,25H2,(H,39,40);1-2H3. The van der Waals surface area contributed by atoms with E-state index in [2.05, 4.69) is 54.7 Å². The van der Waals surface area contributed by atoms with Gasteiger partial charge in [-0.3, -0.25) is 9.48 Å². The van der Waals surface area contributed by atoms with Gasteiger partial charge in [-0.2, -0.15) is 5.10 Å². The van der Waals surface area contributed by atoms with E-state index in [4.69, 9.17) is 14.9 Å². The molecule has 1 aliphatic carbocycles. The second-order valence-corrected chi connectivity index (χ2v) is 10.2. The minimum absolute atomic E-state index is 0.119. The summed E-state index contributed by atoms with van der Waals surface area (Å²) >= 11 is 0. The molecule has 4 aromatic rings. The van der Waals surface area contributed by atoms with Gasteiger partial charge >= 0.3 is 5.97 Å². The molecule has 0 bridgehead atoms. The van der Waals surface area contributed by atoms with E-state index in [0.29, 0.717) is 26.0 Å². The number of ether oxygens (including phenoxy) is 1. The van der Waals surface area contributed by atoms with Crippen molar-refractivity contribution in [2.24, 2.45) is 0 Å². The molecule has 0 atom stereocenters. The van der Waals surface area contributed by atoms with Gasteiger partial charge in [0.15, 0.2) is 0 Å². The molecular formula is C37H39FN2O3. The summed E-state index contributed by atoms with van der Waals surface area (Å²) in [5.74, 6) is -0.298. The van der Waals surface area contributed by atoms with E-state index < -0.39 is 5.97 Å². The topological polar surface area (TPSA) is 64.3 Å². The van der Waals surface area contributed by atoms with Gasteiger partial charge < -0.3 is 9.84 Å². The van der Waals surface area contributed by atoms with Crippen LogP contribution in [0.15, 0.2) is 115 Å². The van der Waals surface area contributed by atoms with Crippen LogP contribution in [-0.4, -0.2) is 20.9 Å². The first kappa shape index (κ1) is 31.2. The number of hydrogen-bond donors (Lipinski definition) is 1. The lowest BCUT2D eigenvalue weighted by Crippen LogP contribution is -2.02. The number of hydrogen-bond acceptors (Lipinski definition) is 3. The summed E-state index contributed by atoms with van der Waals surface area (Å²) in [7, 11) is 0. The molecule has 0 aliphatic heterocycles. The number of allylic oxidation sites excluding steroid dienone is 6. The van der Waals surface area contributed by atoms with Crippen LogP contribution in [0.25, 0.3) is 5.57 Å². The highest BCUT2D eigenvalue weighted by atomic mass is 19.1. The third-order valence-electron chi connectivity index (χ3n) is 7.05. The molecule has 0 saturated heterocycles. The van der Waals surface area contributed by atoms with Crippen molar-refractivity contribution in [3.05, 3.63) is 149 Å². The fourth-order valence-corrected chi connectivity index (χ4v) is 4.80. The smallest absolute Gasteiger partial charge is 0.303 e. The van der Waals surface area contributed by atoms with E-state index >= 15 is 0 Å². The lowest BCUT2D eigenvalue weighted by molar-refractivity contribution is -0.136. The maximum atomic E-state index is 13.8. The number of rotatable bonds is 12. The number of carbonyl (C=O) groups is 1. The normalized spacial score (nSPS) is 12.4. The molecule has 1 aromatic heterocycles. The maximum Gasteiger partial charge on any atom is 0.303 e. The lowest BCUT2D eigenvalue weighted by Gasteiger charge is -2.08. The average molecular weight is 579 g/mol. The summed E-state index contributed by atoms with van der Waals surface area (Å²) in [6.07, 6.45) is 11.8. The Morgan fingerprint density at radius 1 is 0.860 bits per heavy atom. The minimum atomic E-state index is -0.797. The predicted molar refractivity (Wildman–Crippen MR) is 171 cm³/mol. The molecule has 1 N–H and O–H groups in total. The molecule has 6 heteroatoms. The van der Waals surface area contributed by atoms with Gasteiger partial charge in [-0.15, -0.1) is 0 Å². The summed E-state index contributed by atoms with van der Waals surface area (Å²) < 4.78 is 21.7. The van der Waals surface area contributed by atoms with E-state index in [0.717, 1.165) is 52.1 Å². The molecule has 5 nitrogen and oxygen atoms in total. The Balaban J connectivity index is 0.00000207. The second kappa shape index (κ2) is 16.1. The molecule has 43 heavy (non-hydrogen) atoms. The summed E-state index contributed by atoms with van der Waals surface area (Å²) in [6, 6.07) is 26.3. The summed E-state index contributed by atoms with van der Waals surface area (Å²) in [5, 5.41) is 13.8. The van der Waals surface area contributed by atoms with Crippen molar-refractivity contribution in [2.75, 3.05) is 0 Å². The SMILES string of the molecule is CC.O=C(O)CCc1ccc(OCc2ccc(Cn3cc(CCc4ccccc4)c(C4=CC=C(F)C=CC4)n3)cc2)cc1. The van der Waals surface area contributed by atoms with Gasteiger partial charge in [0.25, 0.3) is 0 Å². The lowest BCUT2D eigenvalue weighted by atomic mass is 10.00. The second-order valence-electron chi connectivity index (χ2n) is 10.2. The first-order valence-electron chi connectivity index (χ1n) is 14.9. The maximum absolute atomic E-state index is 13.8. The number of aromatic nitrogens is 2. The fraction of sp³-hybridized carbons (Fsp3) is 0.243. The number of aliphatic carboxylic acids is 1. The van der Waals surface area contributed by atoms with Crippen molar-refractivity contribution >= 4 is 11.5 Å². The number of nitrogens with zero attached hydrogens (tertiary/aromatic N) is 2. The molecule has 5 rings (SSSR count).